The predicted octanol–water partition coefficient (Wildman–Crippen LogP) is 3.36. The molecule has 0 fully saturated rings. The Morgan fingerprint density at radius 2 is 1.91 bits per heavy atom. The molecule has 0 aromatic heterocycles. The Morgan fingerprint density at radius 1 is 1.19 bits per heavy atom. The molecule has 6 heteroatoms. The molecular formula is C26H29N3O3. The van der Waals surface area contributed by atoms with Gasteiger partial charge in [-0.25, -0.2) is 0 Å². The van der Waals surface area contributed by atoms with Gasteiger partial charge >= 0.3 is 5.97 Å². The number of benzene rings is 2. The summed E-state index contributed by atoms with van der Waals surface area (Å²) in [5.41, 5.74) is 10.4. The van der Waals surface area contributed by atoms with E-state index >= 15 is 0 Å². The van der Waals surface area contributed by atoms with Crippen molar-refractivity contribution in [2.24, 2.45) is 16.6 Å². The average Bonchev–Trinajstić information content (AvgIpc) is 2.81. The molecule has 166 valence electrons. The highest BCUT2D eigenvalue weighted by Crippen LogP contribution is 2.29. The highest BCUT2D eigenvalue weighted by atomic mass is 16.5. The summed E-state index contributed by atoms with van der Waals surface area (Å²) >= 11 is 0. The molecule has 0 heterocycles. The van der Waals surface area contributed by atoms with Crippen molar-refractivity contribution in [3.63, 3.8) is 0 Å². The fourth-order valence-corrected chi connectivity index (χ4v) is 3.98. The van der Waals surface area contributed by atoms with Gasteiger partial charge in [0.05, 0.1) is 6.61 Å². The van der Waals surface area contributed by atoms with Crippen LogP contribution in [0, 0.1) is 18.3 Å². The van der Waals surface area contributed by atoms with Crippen LogP contribution in [0.15, 0.2) is 47.5 Å². The van der Waals surface area contributed by atoms with Crippen molar-refractivity contribution >= 4 is 23.4 Å². The molecule has 3 rings (SSSR count). The first-order chi connectivity index (χ1) is 15.4. The van der Waals surface area contributed by atoms with Crippen molar-refractivity contribution in [2.45, 2.75) is 32.6 Å². The number of nitrogens with zero attached hydrogens (tertiary/aromatic N) is 2. The molecule has 2 aromatic carbocycles. The summed E-state index contributed by atoms with van der Waals surface area (Å²) in [6.45, 7) is 2.45. The maximum Gasteiger partial charge on any atom is 0.306 e. The normalized spacial score (nSPS) is 15.4. The lowest BCUT2D eigenvalue weighted by atomic mass is 9.81. The summed E-state index contributed by atoms with van der Waals surface area (Å²) in [5.74, 6) is 2.80. The number of amidine groups is 1. The second kappa shape index (κ2) is 10.6. The minimum absolute atomic E-state index is 0.0953. The van der Waals surface area contributed by atoms with E-state index in [-0.39, 0.29) is 24.3 Å². The van der Waals surface area contributed by atoms with E-state index < -0.39 is 0 Å². The van der Waals surface area contributed by atoms with E-state index in [2.05, 4.69) is 10.9 Å². The van der Waals surface area contributed by atoms with Gasteiger partial charge in [0, 0.05) is 30.3 Å². The second-order valence-corrected chi connectivity index (χ2v) is 7.92. The number of hydrogen-bond acceptors (Lipinski definition) is 4. The number of carbonyl (C=O) groups excluding carboxylic acids is 2. The smallest absolute Gasteiger partial charge is 0.306 e. The summed E-state index contributed by atoms with van der Waals surface area (Å²) < 4.78 is 5.09. The largest absolute Gasteiger partial charge is 0.466 e. The van der Waals surface area contributed by atoms with Crippen LogP contribution in [0.2, 0.25) is 0 Å². The van der Waals surface area contributed by atoms with E-state index in [9.17, 15) is 9.59 Å². The summed E-state index contributed by atoms with van der Waals surface area (Å²) in [6, 6.07) is 13.2. The van der Waals surface area contributed by atoms with Crippen molar-refractivity contribution in [3.05, 3.63) is 64.7 Å². The summed E-state index contributed by atoms with van der Waals surface area (Å²) in [4.78, 5) is 30.7. The van der Waals surface area contributed by atoms with E-state index in [1.54, 1.807) is 11.9 Å². The number of ether oxygens (including phenoxy) is 1. The molecule has 32 heavy (non-hydrogen) atoms. The topological polar surface area (TPSA) is 85.0 Å². The fraction of sp³-hybridized carbons (Fsp3) is 0.346. The van der Waals surface area contributed by atoms with Crippen molar-refractivity contribution in [2.75, 3.05) is 25.1 Å². The summed E-state index contributed by atoms with van der Waals surface area (Å²) in [5, 5.41) is 0. The number of aryl methyl sites for hydroxylation is 1. The fourth-order valence-electron chi connectivity index (χ4n) is 3.98. The first-order valence-electron chi connectivity index (χ1n) is 10.8. The third-order valence-corrected chi connectivity index (χ3v) is 5.74. The molecule has 1 unspecified atom stereocenters. The van der Waals surface area contributed by atoms with Crippen LogP contribution in [0.1, 0.15) is 46.8 Å². The minimum Gasteiger partial charge on any atom is -0.466 e. The van der Waals surface area contributed by atoms with E-state index in [0.29, 0.717) is 24.4 Å². The number of rotatable bonds is 7. The van der Waals surface area contributed by atoms with Gasteiger partial charge in [-0.15, -0.1) is 6.42 Å². The second-order valence-electron chi connectivity index (χ2n) is 7.92. The molecular weight excluding hydrogens is 402 g/mol. The van der Waals surface area contributed by atoms with Crippen LogP contribution in [0.3, 0.4) is 0 Å². The Labute approximate surface area is 189 Å². The van der Waals surface area contributed by atoms with Crippen molar-refractivity contribution in [1.82, 2.24) is 0 Å². The molecule has 1 aliphatic carbocycles. The van der Waals surface area contributed by atoms with Crippen molar-refractivity contribution < 1.29 is 14.3 Å². The zero-order valence-corrected chi connectivity index (χ0v) is 18.6. The lowest BCUT2D eigenvalue weighted by Gasteiger charge is -2.25. The standard InChI is InChI=1S/C26H29N3O3/c1-4-14-28-25(27)20-10-12-23(13-11-20)29(3)26(31)21-9-8-19-7-6-18(15-22(19)17-21)16-24(30)32-5-2/h1,8-13,17-18H,5-7,14-16H2,2-3H3,(H2,27,28). The molecule has 0 saturated carbocycles. The average molecular weight is 432 g/mol. The Kier molecular flexibility index (Phi) is 7.67. The van der Waals surface area contributed by atoms with Gasteiger partial charge in [0.15, 0.2) is 0 Å². The van der Waals surface area contributed by atoms with Crippen molar-refractivity contribution in [3.8, 4) is 12.3 Å². The maximum atomic E-state index is 13.1. The van der Waals surface area contributed by atoms with Crippen molar-refractivity contribution in [1.29, 1.82) is 0 Å². The van der Waals surface area contributed by atoms with E-state index in [1.165, 1.54) is 5.56 Å². The third-order valence-electron chi connectivity index (χ3n) is 5.74. The van der Waals surface area contributed by atoms with Gasteiger partial charge in [0.2, 0.25) is 0 Å². The SMILES string of the molecule is C#CCN=C(N)c1ccc(N(C)C(=O)c2ccc3c(c2)CC(CC(=O)OCC)CC3)cc1. The van der Waals surface area contributed by atoms with Gasteiger partial charge in [-0.05, 0) is 79.6 Å². The molecule has 1 aliphatic rings. The number of amides is 1. The maximum absolute atomic E-state index is 13.1. The number of aliphatic imine (C=N–C) groups is 1. The Hall–Kier alpha value is -3.59. The molecule has 1 atom stereocenters. The van der Waals surface area contributed by atoms with Gasteiger partial charge in [-0.3, -0.25) is 14.6 Å². The number of hydrogen-bond donors (Lipinski definition) is 1. The lowest BCUT2D eigenvalue weighted by molar-refractivity contribution is -0.144. The van der Waals surface area contributed by atoms with E-state index in [4.69, 9.17) is 16.9 Å². The number of anilines is 1. The zero-order valence-electron chi connectivity index (χ0n) is 18.6. The van der Waals surface area contributed by atoms with Crippen LogP contribution < -0.4 is 10.6 Å². The third kappa shape index (κ3) is 5.55. The quantitative estimate of drug-likeness (QED) is 0.315. The minimum atomic E-state index is -0.152. The number of carbonyl (C=O) groups is 2. The predicted molar refractivity (Wildman–Crippen MR) is 127 cm³/mol. The van der Waals surface area contributed by atoms with Crippen LogP contribution in [0.5, 0.6) is 0 Å². The molecule has 0 radical (unpaired) electrons. The molecule has 1 amide bonds. The highest BCUT2D eigenvalue weighted by Gasteiger charge is 2.23. The van der Waals surface area contributed by atoms with Crippen LogP contribution >= 0.6 is 0 Å². The summed E-state index contributed by atoms with van der Waals surface area (Å²) in [7, 11) is 1.75. The highest BCUT2D eigenvalue weighted by molar-refractivity contribution is 6.06. The van der Waals surface area contributed by atoms with Gasteiger partial charge in [0.1, 0.15) is 12.4 Å². The van der Waals surface area contributed by atoms with E-state index in [1.807, 2.05) is 49.4 Å². The summed E-state index contributed by atoms with van der Waals surface area (Å²) in [6.07, 6.45) is 8.29. The Balaban J connectivity index is 1.71. The van der Waals surface area contributed by atoms with Crippen LogP contribution in [-0.2, 0) is 22.4 Å². The number of fused-ring (bicyclic) bond motifs is 1. The molecule has 0 aliphatic heterocycles. The first kappa shape index (κ1) is 23.1. The Bertz CT molecular complexity index is 1050. The molecule has 6 nitrogen and oxygen atoms in total. The Morgan fingerprint density at radius 3 is 2.59 bits per heavy atom. The molecule has 0 bridgehead atoms. The number of nitrogens with two attached hydrogens (primary N) is 1. The zero-order chi connectivity index (χ0) is 23.1. The van der Waals surface area contributed by atoms with Crippen LogP contribution in [0.25, 0.3) is 0 Å². The molecule has 2 aromatic rings. The van der Waals surface area contributed by atoms with Gasteiger partial charge in [-0.2, -0.15) is 0 Å². The van der Waals surface area contributed by atoms with E-state index in [0.717, 1.165) is 36.1 Å². The monoisotopic (exact) mass is 431 g/mol. The van der Waals surface area contributed by atoms with Gasteiger partial charge in [0.25, 0.3) is 5.91 Å². The molecule has 0 saturated heterocycles. The van der Waals surface area contributed by atoms with Crippen LogP contribution in [-0.4, -0.2) is 37.9 Å². The number of terminal acetylenes is 1. The lowest BCUT2D eigenvalue weighted by Crippen LogP contribution is -2.27. The molecule has 0 spiro atoms. The molecule has 2 N–H and O–H groups in total. The van der Waals surface area contributed by atoms with Crippen LogP contribution in [0.4, 0.5) is 5.69 Å². The first-order valence-corrected chi connectivity index (χ1v) is 10.8. The van der Waals surface area contributed by atoms with Gasteiger partial charge in [-0.1, -0.05) is 12.0 Å². The number of esters is 1. The van der Waals surface area contributed by atoms with Gasteiger partial charge < -0.3 is 15.4 Å².